The van der Waals surface area contributed by atoms with Crippen LogP contribution in [0, 0.1) is 11.7 Å². The summed E-state index contributed by atoms with van der Waals surface area (Å²) < 4.78 is 13.1. The molecule has 2 nitrogen and oxygen atoms in total. The van der Waals surface area contributed by atoms with E-state index in [0.717, 1.165) is 12.2 Å². The number of hydrogen-bond acceptors (Lipinski definition) is 2. The van der Waals surface area contributed by atoms with Gasteiger partial charge in [0.05, 0.1) is 6.61 Å². The summed E-state index contributed by atoms with van der Waals surface area (Å²) in [4.78, 5) is 2.32. The molecule has 2 rings (SSSR count). The minimum atomic E-state index is -0.280. The van der Waals surface area contributed by atoms with E-state index in [2.05, 4.69) is 18.7 Å². The van der Waals surface area contributed by atoms with E-state index in [1.54, 1.807) is 6.07 Å². The summed E-state index contributed by atoms with van der Waals surface area (Å²) in [5, 5.41) is 9.33. The summed E-state index contributed by atoms with van der Waals surface area (Å²) in [7, 11) is 0. The second kappa shape index (κ2) is 5.05. The van der Waals surface area contributed by atoms with Crippen LogP contribution >= 0.6 is 0 Å². The van der Waals surface area contributed by atoms with Gasteiger partial charge >= 0.3 is 0 Å². The summed E-state index contributed by atoms with van der Waals surface area (Å²) in [6, 6.07) is 5.28. The second-order valence-corrected chi connectivity index (χ2v) is 5.21. The molecule has 0 aromatic heterocycles. The Morgan fingerprint density at radius 3 is 2.65 bits per heavy atom. The van der Waals surface area contributed by atoms with Crippen LogP contribution in [-0.4, -0.2) is 17.7 Å². The number of benzene rings is 1. The molecule has 0 unspecified atom stereocenters. The van der Waals surface area contributed by atoms with Crippen molar-refractivity contribution < 1.29 is 9.50 Å². The molecule has 0 spiro atoms. The Morgan fingerprint density at radius 1 is 1.41 bits per heavy atom. The van der Waals surface area contributed by atoms with Crippen molar-refractivity contribution in [3.05, 3.63) is 29.6 Å². The Balaban J connectivity index is 2.28. The number of anilines is 1. The van der Waals surface area contributed by atoms with Crippen LogP contribution in [0.5, 0.6) is 0 Å². The van der Waals surface area contributed by atoms with Crippen LogP contribution in [0.1, 0.15) is 32.3 Å². The van der Waals surface area contributed by atoms with Gasteiger partial charge in [-0.05, 0) is 37.0 Å². The number of aliphatic hydroxyl groups is 1. The third-order valence-electron chi connectivity index (χ3n) is 3.07. The highest BCUT2D eigenvalue weighted by Gasteiger charge is 2.30. The summed E-state index contributed by atoms with van der Waals surface area (Å²) in [6.07, 6.45) is 2.41. The van der Waals surface area contributed by atoms with E-state index in [9.17, 15) is 9.50 Å². The average molecular weight is 237 g/mol. The van der Waals surface area contributed by atoms with Gasteiger partial charge in [-0.15, -0.1) is 0 Å². The lowest BCUT2D eigenvalue weighted by Gasteiger charge is -2.28. The normalized spacial score (nSPS) is 15.4. The molecule has 1 aromatic rings. The van der Waals surface area contributed by atoms with Gasteiger partial charge in [-0.2, -0.15) is 0 Å². The number of rotatable bonds is 5. The molecule has 1 aromatic carbocycles. The largest absolute Gasteiger partial charge is 0.392 e. The highest BCUT2D eigenvalue weighted by Crippen LogP contribution is 2.34. The van der Waals surface area contributed by atoms with Gasteiger partial charge in [-0.25, -0.2) is 4.39 Å². The van der Waals surface area contributed by atoms with Crippen molar-refractivity contribution in [3.63, 3.8) is 0 Å². The standard InChI is InChI=1S/C14H20FNO/c1-10(2)8-16(13-4-5-13)14-6-3-12(15)7-11(14)9-17/h3,6-7,10,13,17H,4-5,8-9H2,1-2H3. The molecule has 94 valence electrons. The molecule has 1 N–H and O–H groups in total. The van der Waals surface area contributed by atoms with Crippen LogP contribution in [-0.2, 0) is 6.61 Å². The fourth-order valence-corrected chi connectivity index (χ4v) is 2.18. The molecule has 0 atom stereocenters. The fourth-order valence-electron chi connectivity index (χ4n) is 2.18. The summed E-state index contributed by atoms with van der Waals surface area (Å²) in [5.41, 5.74) is 1.68. The van der Waals surface area contributed by atoms with E-state index >= 15 is 0 Å². The first-order chi connectivity index (χ1) is 8.11. The number of halogens is 1. The van der Waals surface area contributed by atoms with Gasteiger partial charge in [0.25, 0.3) is 0 Å². The van der Waals surface area contributed by atoms with Gasteiger partial charge in [0.15, 0.2) is 0 Å². The van der Waals surface area contributed by atoms with Crippen LogP contribution in [0.3, 0.4) is 0 Å². The number of nitrogens with zero attached hydrogens (tertiary/aromatic N) is 1. The van der Waals surface area contributed by atoms with Gasteiger partial charge in [0.1, 0.15) is 5.82 Å². The van der Waals surface area contributed by atoms with Gasteiger partial charge in [-0.3, -0.25) is 0 Å². The molecule has 0 aliphatic heterocycles. The predicted molar refractivity (Wildman–Crippen MR) is 67.5 cm³/mol. The van der Waals surface area contributed by atoms with E-state index in [0.29, 0.717) is 17.5 Å². The zero-order valence-corrected chi connectivity index (χ0v) is 10.5. The van der Waals surface area contributed by atoms with E-state index < -0.39 is 0 Å². The summed E-state index contributed by atoms with van der Waals surface area (Å²) >= 11 is 0. The molecule has 0 bridgehead atoms. The molecule has 0 saturated heterocycles. The van der Waals surface area contributed by atoms with Crippen molar-refractivity contribution in [2.75, 3.05) is 11.4 Å². The Kier molecular flexibility index (Phi) is 3.67. The molecule has 3 heteroatoms. The topological polar surface area (TPSA) is 23.5 Å². The third-order valence-corrected chi connectivity index (χ3v) is 3.07. The quantitative estimate of drug-likeness (QED) is 0.851. The van der Waals surface area contributed by atoms with Crippen molar-refractivity contribution >= 4 is 5.69 Å². The van der Waals surface area contributed by atoms with E-state index in [-0.39, 0.29) is 12.4 Å². The maximum atomic E-state index is 13.1. The molecule has 0 radical (unpaired) electrons. The maximum absolute atomic E-state index is 13.1. The average Bonchev–Trinajstić information content (AvgIpc) is 3.09. The highest BCUT2D eigenvalue weighted by atomic mass is 19.1. The van der Waals surface area contributed by atoms with E-state index in [1.807, 2.05) is 0 Å². The van der Waals surface area contributed by atoms with Crippen molar-refractivity contribution in [3.8, 4) is 0 Å². The third kappa shape index (κ3) is 2.97. The first kappa shape index (κ1) is 12.4. The van der Waals surface area contributed by atoms with Crippen molar-refractivity contribution in [1.29, 1.82) is 0 Å². The fraction of sp³-hybridized carbons (Fsp3) is 0.571. The zero-order valence-electron chi connectivity index (χ0n) is 10.5. The van der Waals surface area contributed by atoms with Gasteiger partial charge in [-0.1, -0.05) is 13.8 Å². The monoisotopic (exact) mass is 237 g/mol. The molecule has 17 heavy (non-hydrogen) atoms. The second-order valence-electron chi connectivity index (χ2n) is 5.21. The zero-order chi connectivity index (χ0) is 12.4. The first-order valence-corrected chi connectivity index (χ1v) is 6.27. The lowest BCUT2D eigenvalue weighted by molar-refractivity contribution is 0.281. The SMILES string of the molecule is CC(C)CN(c1ccc(F)cc1CO)C1CC1. The smallest absolute Gasteiger partial charge is 0.123 e. The van der Waals surface area contributed by atoms with Crippen molar-refractivity contribution in [1.82, 2.24) is 0 Å². The van der Waals surface area contributed by atoms with Crippen LogP contribution in [0.15, 0.2) is 18.2 Å². The molecule has 0 heterocycles. The minimum absolute atomic E-state index is 0.103. The van der Waals surface area contributed by atoms with Crippen LogP contribution in [0.4, 0.5) is 10.1 Å². The Bertz CT molecular complexity index is 388. The lowest BCUT2D eigenvalue weighted by Crippen LogP contribution is -2.30. The molecule has 1 fully saturated rings. The van der Waals surface area contributed by atoms with E-state index in [4.69, 9.17) is 0 Å². The Morgan fingerprint density at radius 2 is 2.12 bits per heavy atom. The van der Waals surface area contributed by atoms with Crippen LogP contribution in [0.25, 0.3) is 0 Å². The molecular weight excluding hydrogens is 217 g/mol. The Labute approximate surface area is 102 Å². The number of hydrogen-bond donors (Lipinski definition) is 1. The summed E-state index contributed by atoms with van der Waals surface area (Å²) in [5.74, 6) is 0.283. The predicted octanol–water partition coefficient (Wildman–Crippen LogP) is 2.94. The molecule has 0 amide bonds. The van der Waals surface area contributed by atoms with E-state index in [1.165, 1.54) is 25.0 Å². The number of aliphatic hydroxyl groups excluding tert-OH is 1. The van der Waals surface area contributed by atoms with Crippen LogP contribution in [0.2, 0.25) is 0 Å². The van der Waals surface area contributed by atoms with Crippen molar-refractivity contribution in [2.24, 2.45) is 5.92 Å². The highest BCUT2D eigenvalue weighted by molar-refractivity contribution is 5.55. The van der Waals surface area contributed by atoms with Crippen molar-refractivity contribution in [2.45, 2.75) is 39.3 Å². The molecule has 1 saturated carbocycles. The minimum Gasteiger partial charge on any atom is -0.392 e. The van der Waals surface area contributed by atoms with Gasteiger partial charge in [0, 0.05) is 23.8 Å². The maximum Gasteiger partial charge on any atom is 0.123 e. The Hall–Kier alpha value is -1.09. The molecule has 1 aliphatic carbocycles. The first-order valence-electron chi connectivity index (χ1n) is 6.27. The van der Waals surface area contributed by atoms with Crippen LogP contribution < -0.4 is 4.90 Å². The molecular formula is C14H20FNO. The van der Waals surface area contributed by atoms with Gasteiger partial charge < -0.3 is 10.0 Å². The molecule has 1 aliphatic rings. The lowest BCUT2D eigenvalue weighted by atomic mass is 10.1. The summed E-state index contributed by atoms with van der Waals surface area (Å²) in [6.45, 7) is 5.22. The van der Waals surface area contributed by atoms with Gasteiger partial charge in [0.2, 0.25) is 0 Å².